The molecule has 0 saturated carbocycles. The summed E-state index contributed by atoms with van der Waals surface area (Å²) in [6.07, 6.45) is 0. The predicted octanol–water partition coefficient (Wildman–Crippen LogP) is 3.90. The Labute approximate surface area is 187 Å². The topological polar surface area (TPSA) is 87.0 Å². The summed E-state index contributed by atoms with van der Waals surface area (Å²) in [6, 6.07) is 12.2. The quantitative estimate of drug-likeness (QED) is 0.411. The molecule has 3 rings (SSSR count). The van der Waals surface area contributed by atoms with E-state index < -0.39 is 17.8 Å². The molecule has 0 atom stereocenters. The Morgan fingerprint density at radius 3 is 2.32 bits per heavy atom. The lowest BCUT2D eigenvalue weighted by Crippen LogP contribution is -2.22. The van der Waals surface area contributed by atoms with Crippen molar-refractivity contribution < 1.29 is 23.9 Å². The molecule has 0 aliphatic carbocycles. The van der Waals surface area contributed by atoms with E-state index in [0.29, 0.717) is 31.4 Å². The molecule has 0 bridgehead atoms. The summed E-state index contributed by atoms with van der Waals surface area (Å²) in [5.41, 5.74) is 1.49. The summed E-state index contributed by atoms with van der Waals surface area (Å²) >= 11 is 2.92. The van der Waals surface area contributed by atoms with E-state index in [1.165, 1.54) is 25.6 Å². The van der Waals surface area contributed by atoms with Gasteiger partial charge in [-0.25, -0.2) is 4.79 Å². The summed E-state index contributed by atoms with van der Waals surface area (Å²) in [7, 11) is 2.61. The minimum atomic E-state index is -0.472. The molecule has 0 saturated heterocycles. The second-order valence-corrected chi connectivity index (χ2v) is 9.49. The zero-order chi connectivity index (χ0) is 22.5. The molecule has 31 heavy (non-hydrogen) atoms. The monoisotopic (exact) mass is 458 g/mol. The van der Waals surface area contributed by atoms with Crippen LogP contribution in [0.15, 0.2) is 52.4 Å². The molecule has 0 unspecified atom stereocenters. The third-order valence-electron chi connectivity index (χ3n) is 4.29. The third-order valence-corrected chi connectivity index (χ3v) is 6.35. The number of thiazole rings is 1. The van der Waals surface area contributed by atoms with Crippen molar-refractivity contribution in [3.63, 3.8) is 0 Å². The van der Waals surface area contributed by atoms with Crippen molar-refractivity contribution >= 4 is 51.2 Å². The minimum absolute atomic E-state index is 0.107. The normalized spacial score (nSPS) is 11.7. The average molecular weight is 459 g/mol. The molecule has 0 aliphatic heterocycles. The van der Waals surface area contributed by atoms with Crippen LogP contribution in [-0.4, -0.2) is 41.9 Å². The molecule has 162 valence electrons. The first-order valence-electron chi connectivity index (χ1n) is 9.46. The minimum Gasteiger partial charge on any atom is -0.468 e. The van der Waals surface area contributed by atoms with Gasteiger partial charge >= 0.3 is 11.9 Å². The van der Waals surface area contributed by atoms with Crippen LogP contribution in [-0.2, 0) is 20.8 Å². The van der Waals surface area contributed by atoms with Crippen molar-refractivity contribution in [2.24, 2.45) is 4.99 Å². The Hall–Kier alpha value is -2.91. The molecular formula is C22H22N2O5S2. The number of nitrogens with zero attached hydrogens (tertiary/aromatic N) is 2. The number of benzene rings is 2. The van der Waals surface area contributed by atoms with Crippen LogP contribution in [0.2, 0.25) is 0 Å². The summed E-state index contributed by atoms with van der Waals surface area (Å²) < 4.78 is 11.8. The van der Waals surface area contributed by atoms with Gasteiger partial charge in [-0.3, -0.25) is 9.59 Å². The fraction of sp³-hybridized carbons (Fsp3) is 0.273. The lowest BCUT2D eigenvalue weighted by molar-refractivity contribution is -0.141. The molecule has 7 nitrogen and oxygen atoms in total. The standard InChI is InChI=1S/C22H22N2O5S2/c1-13(2)30-16-8-5-14(6-9-16)20(26)23-22-24(12-19(25)28-3)17-10-7-15(21(27)29-4)11-18(17)31-22/h5-11,13H,12H2,1-4H3. The second-order valence-electron chi connectivity index (χ2n) is 6.83. The van der Waals surface area contributed by atoms with Crippen LogP contribution in [0.5, 0.6) is 0 Å². The van der Waals surface area contributed by atoms with Crippen LogP contribution in [0.3, 0.4) is 0 Å². The van der Waals surface area contributed by atoms with Crippen molar-refractivity contribution in [2.45, 2.75) is 30.5 Å². The summed E-state index contributed by atoms with van der Waals surface area (Å²) in [5, 5.41) is 0.442. The maximum absolute atomic E-state index is 12.8. The van der Waals surface area contributed by atoms with Crippen LogP contribution >= 0.6 is 23.1 Å². The number of carbonyl (C=O) groups is 3. The van der Waals surface area contributed by atoms with Crippen molar-refractivity contribution in [1.82, 2.24) is 4.57 Å². The molecule has 0 fully saturated rings. The molecule has 9 heteroatoms. The summed E-state index contributed by atoms with van der Waals surface area (Å²) in [5.74, 6) is -1.36. The Kier molecular flexibility index (Phi) is 7.29. The smallest absolute Gasteiger partial charge is 0.337 e. The van der Waals surface area contributed by atoms with Crippen molar-refractivity contribution in [3.8, 4) is 0 Å². The third kappa shape index (κ3) is 5.42. The zero-order valence-electron chi connectivity index (χ0n) is 17.6. The van der Waals surface area contributed by atoms with Crippen LogP contribution in [0.25, 0.3) is 10.2 Å². The number of ether oxygens (including phenoxy) is 2. The van der Waals surface area contributed by atoms with Gasteiger partial charge in [-0.05, 0) is 42.5 Å². The number of hydrogen-bond acceptors (Lipinski definition) is 7. The highest BCUT2D eigenvalue weighted by Crippen LogP contribution is 2.23. The number of fused-ring (bicyclic) bond motifs is 1. The lowest BCUT2D eigenvalue weighted by Gasteiger charge is -2.05. The van der Waals surface area contributed by atoms with E-state index in [-0.39, 0.29) is 6.54 Å². The van der Waals surface area contributed by atoms with Gasteiger partial charge in [0, 0.05) is 15.7 Å². The van der Waals surface area contributed by atoms with Crippen LogP contribution in [0.4, 0.5) is 0 Å². The van der Waals surface area contributed by atoms with E-state index in [0.717, 1.165) is 4.90 Å². The Morgan fingerprint density at radius 2 is 1.71 bits per heavy atom. The summed E-state index contributed by atoms with van der Waals surface area (Å²) in [4.78, 5) is 42.2. The first kappa shape index (κ1) is 22.8. The molecule has 0 N–H and O–H groups in total. The molecular weight excluding hydrogens is 436 g/mol. The first-order valence-corrected chi connectivity index (χ1v) is 11.2. The second kappa shape index (κ2) is 9.93. The Morgan fingerprint density at radius 1 is 1.03 bits per heavy atom. The van der Waals surface area contributed by atoms with Gasteiger partial charge in [0.25, 0.3) is 5.91 Å². The highest BCUT2D eigenvalue weighted by atomic mass is 32.2. The van der Waals surface area contributed by atoms with Gasteiger partial charge in [-0.1, -0.05) is 25.2 Å². The van der Waals surface area contributed by atoms with Crippen molar-refractivity contribution in [2.75, 3.05) is 14.2 Å². The molecule has 1 aromatic heterocycles. The van der Waals surface area contributed by atoms with Gasteiger partial charge in [-0.15, -0.1) is 11.8 Å². The molecule has 3 aromatic rings. The van der Waals surface area contributed by atoms with Crippen molar-refractivity contribution in [1.29, 1.82) is 0 Å². The SMILES string of the molecule is COC(=O)Cn1c(=NC(=O)c2ccc(SC(C)C)cc2)sc2cc(C(=O)OC)ccc21. The Bertz CT molecular complexity index is 1190. The highest BCUT2D eigenvalue weighted by molar-refractivity contribution is 7.99. The fourth-order valence-electron chi connectivity index (χ4n) is 2.85. The fourth-order valence-corrected chi connectivity index (χ4v) is 4.75. The molecule has 0 spiro atoms. The average Bonchev–Trinajstić information content (AvgIpc) is 3.09. The number of thioether (sulfide) groups is 1. The number of aromatic nitrogens is 1. The summed E-state index contributed by atoms with van der Waals surface area (Å²) in [6.45, 7) is 4.10. The van der Waals surface area contributed by atoms with E-state index in [9.17, 15) is 14.4 Å². The maximum atomic E-state index is 12.8. The molecule has 1 heterocycles. The number of esters is 2. The van der Waals surface area contributed by atoms with Gasteiger partial charge in [-0.2, -0.15) is 4.99 Å². The van der Waals surface area contributed by atoms with Gasteiger partial charge < -0.3 is 14.0 Å². The maximum Gasteiger partial charge on any atom is 0.337 e. The van der Waals surface area contributed by atoms with Gasteiger partial charge in [0.1, 0.15) is 6.54 Å². The molecule has 1 amide bonds. The Balaban J connectivity index is 2.04. The van der Waals surface area contributed by atoms with E-state index in [1.807, 2.05) is 12.1 Å². The predicted molar refractivity (Wildman–Crippen MR) is 120 cm³/mol. The number of hydrogen-bond donors (Lipinski definition) is 0. The van der Waals surface area contributed by atoms with Crippen molar-refractivity contribution in [3.05, 3.63) is 58.4 Å². The van der Waals surface area contributed by atoms with E-state index in [1.54, 1.807) is 46.7 Å². The van der Waals surface area contributed by atoms with E-state index >= 15 is 0 Å². The first-order chi connectivity index (χ1) is 14.8. The largest absolute Gasteiger partial charge is 0.468 e. The molecule has 0 aliphatic rings. The van der Waals surface area contributed by atoms with Crippen LogP contribution in [0.1, 0.15) is 34.6 Å². The van der Waals surface area contributed by atoms with E-state index in [4.69, 9.17) is 9.47 Å². The number of amides is 1. The zero-order valence-corrected chi connectivity index (χ0v) is 19.2. The van der Waals surface area contributed by atoms with Gasteiger partial charge in [0.05, 0.1) is 30.0 Å². The van der Waals surface area contributed by atoms with Crippen LogP contribution < -0.4 is 4.80 Å². The highest BCUT2D eigenvalue weighted by Gasteiger charge is 2.15. The van der Waals surface area contributed by atoms with E-state index in [2.05, 4.69) is 18.8 Å². The number of methoxy groups -OCH3 is 2. The molecule has 0 radical (unpaired) electrons. The number of rotatable bonds is 6. The van der Waals surface area contributed by atoms with Crippen LogP contribution in [0, 0.1) is 0 Å². The number of carbonyl (C=O) groups excluding carboxylic acids is 3. The van der Waals surface area contributed by atoms with Gasteiger partial charge in [0.2, 0.25) is 0 Å². The molecule has 2 aromatic carbocycles. The van der Waals surface area contributed by atoms with Gasteiger partial charge in [0.15, 0.2) is 4.80 Å². The lowest BCUT2D eigenvalue weighted by atomic mass is 10.2.